The number of aliphatic hydroxyl groups excluding tert-OH is 4. The van der Waals surface area contributed by atoms with Gasteiger partial charge < -0.3 is 58.7 Å². The molecule has 18 heteroatoms. The fourth-order valence-electron chi connectivity index (χ4n) is 10.3. The number of carbonyl (C=O) groups is 3. The first-order valence-electron chi connectivity index (χ1n) is 23.2. The largest absolute Gasteiger partial charge is 0.509 e. The lowest BCUT2D eigenvalue weighted by Crippen LogP contribution is -2.61. The predicted molar refractivity (Wildman–Crippen MR) is 247 cm³/mol. The van der Waals surface area contributed by atoms with Gasteiger partial charge in [0.05, 0.1) is 60.9 Å². The minimum Gasteiger partial charge on any atom is -0.509 e. The summed E-state index contributed by atoms with van der Waals surface area (Å²) >= 11 is 0. The van der Waals surface area contributed by atoms with Gasteiger partial charge in [0, 0.05) is 106 Å². The highest BCUT2D eigenvalue weighted by Gasteiger charge is 2.58. The zero-order valence-corrected chi connectivity index (χ0v) is 39.8. The smallest absolute Gasteiger partial charge is 0.306 e. The summed E-state index contributed by atoms with van der Waals surface area (Å²) in [4.78, 5) is 64.3. The van der Waals surface area contributed by atoms with E-state index in [4.69, 9.17) is 33.1 Å². The molecule has 2 unspecified atom stereocenters. The highest BCUT2D eigenvalue weighted by Crippen LogP contribution is 2.56. The van der Waals surface area contributed by atoms with Crippen molar-refractivity contribution in [3.05, 3.63) is 98.4 Å². The first kappa shape index (κ1) is 48.7. The van der Waals surface area contributed by atoms with E-state index >= 15 is 0 Å². The van der Waals surface area contributed by atoms with Gasteiger partial charge in [-0.1, -0.05) is 45.9 Å². The lowest BCUT2D eigenvalue weighted by Gasteiger charge is -2.47. The number of amides is 1. The van der Waals surface area contributed by atoms with E-state index in [1.165, 1.54) is 59.3 Å². The molecule has 5 N–H and O–H groups in total. The summed E-state index contributed by atoms with van der Waals surface area (Å²) < 4.78 is 36.1. The zero-order chi connectivity index (χ0) is 49.1. The summed E-state index contributed by atoms with van der Waals surface area (Å²) in [6.07, 6.45) is 3.64. The maximum absolute atomic E-state index is 14.5. The van der Waals surface area contributed by atoms with Crippen LogP contribution in [0.15, 0.2) is 85.9 Å². The number of methoxy groups -OCH3 is 1. The Morgan fingerprint density at radius 3 is 2.34 bits per heavy atom. The third kappa shape index (κ3) is 8.65. The molecule has 0 aromatic carbocycles. The molecule has 68 heavy (non-hydrogen) atoms. The Bertz CT molecular complexity index is 2560. The Morgan fingerprint density at radius 2 is 1.66 bits per heavy atom. The van der Waals surface area contributed by atoms with Gasteiger partial charge >= 0.3 is 11.8 Å². The minimum atomic E-state index is -1.96. The van der Waals surface area contributed by atoms with Crippen LogP contribution >= 0.6 is 0 Å². The van der Waals surface area contributed by atoms with Crippen LogP contribution in [0.25, 0.3) is 17.2 Å². The normalized spacial score (nSPS) is 34.9. The number of allylic oxidation sites excluding steroid dienone is 5. The van der Waals surface area contributed by atoms with E-state index in [-0.39, 0.29) is 57.1 Å². The third-order valence-corrected chi connectivity index (χ3v) is 14.6. The molecule has 0 spiro atoms. The number of anilines is 1. The average Bonchev–Trinajstić information content (AvgIpc) is 3.56. The van der Waals surface area contributed by atoms with Crippen molar-refractivity contribution in [1.29, 1.82) is 0 Å². The maximum atomic E-state index is 14.5. The van der Waals surface area contributed by atoms with E-state index in [2.05, 4.69) is 15.1 Å². The molecule has 4 bridgehead atoms. The van der Waals surface area contributed by atoms with Gasteiger partial charge in [-0.15, -0.1) is 0 Å². The van der Waals surface area contributed by atoms with Crippen LogP contribution in [-0.2, 0) is 38.1 Å². The Balaban J connectivity index is 1.25. The number of nitrogens with one attached hydrogen (secondary N) is 1. The minimum absolute atomic E-state index is 0.0194. The molecule has 0 saturated carbocycles. The van der Waals surface area contributed by atoms with E-state index in [0.29, 0.717) is 32.0 Å². The van der Waals surface area contributed by atoms with Crippen LogP contribution in [0.2, 0.25) is 0 Å². The standard InChI is InChI=1S/C50H62N4O14/c1-23-11-10-12-24(2)49(62)52-40-44(60)36-35(39-47(40)67-34-20-30(19-32(56)38(34)51-39)54-21-31(22-54)53-14-17-64-18-15-53)37-46(28(6)43(36)59)68-50(8,48(37)61)65-16-13-33(63-9)25(3)45(66-29(7)55)27(5)42(58)26(4)41(23)57/h10-13,16,19-20,23,25-27,31,33,35-36,41-42,45,57-58,60-61H,14-15,17-18,21-22H2,1-9H3,(H,52,62)/b11-10+,16-13+,24-12-/t23-,25+,26+,27+,33-,35?,36?,41-,42+,45+,50-/m0/s1. The Labute approximate surface area is 394 Å². The van der Waals surface area contributed by atoms with Crippen LogP contribution in [0, 0.1) is 29.6 Å². The molecule has 18 nitrogen and oxygen atoms in total. The number of esters is 1. The molecule has 1 amide bonds. The number of ketones is 1. The van der Waals surface area contributed by atoms with Crippen LogP contribution in [0.3, 0.4) is 0 Å². The molecule has 11 atom stereocenters. The zero-order valence-electron chi connectivity index (χ0n) is 39.8. The van der Waals surface area contributed by atoms with Crippen molar-refractivity contribution in [2.24, 2.45) is 29.6 Å². The summed E-state index contributed by atoms with van der Waals surface area (Å²) in [5.41, 5.74) is 0.0562. The quantitative estimate of drug-likeness (QED) is 0.267. The predicted octanol–water partition coefficient (Wildman–Crippen LogP) is 4.39. The van der Waals surface area contributed by atoms with Crippen LogP contribution in [0.1, 0.15) is 72.8 Å². The van der Waals surface area contributed by atoms with Gasteiger partial charge in [0.1, 0.15) is 23.3 Å². The lowest BCUT2D eigenvalue weighted by atomic mass is 9.69. The monoisotopic (exact) mass is 942 g/mol. The van der Waals surface area contributed by atoms with Crippen LogP contribution in [0.5, 0.6) is 0 Å². The summed E-state index contributed by atoms with van der Waals surface area (Å²) in [5.74, 6) is -10.2. The molecule has 8 aliphatic rings. The summed E-state index contributed by atoms with van der Waals surface area (Å²) in [5, 5.41) is 50.3. The SMILES string of the molecule is CO[C@H]1/C=C/O[C@@]2(C)OC3=C(C)C(=O)C4C(O)=C(NC(=O)/C(C)=C\C=C\[C@H](C)[C@H](O)[C@@H](C)[C@@H](O)[C@@H](C)[C@H](OC(C)=O)[C@@H]1C)c1oc5cc(N6CC(N7CCOCC7)C6)cc(=O)c-5nc1C4C3=C2O. The summed E-state index contributed by atoms with van der Waals surface area (Å²) in [6.45, 7) is 17.0. The number of carbonyl (C=O) groups excluding carboxylic acids is 3. The number of ether oxygens (including phenoxy) is 5. The number of hydrogen-bond acceptors (Lipinski definition) is 17. The van der Waals surface area contributed by atoms with Crippen molar-refractivity contribution < 1.29 is 62.9 Å². The number of Topliss-reactive ketones (excluding diaryl/α,β-unsaturated/α-hetero) is 1. The summed E-state index contributed by atoms with van der Waals surface area (Å²) in [6, 6.07) is 3.45. The molecule has 0 radical (unpaired) electrons. The number of benzene rings is 1. The third-order valence-electron chi connectivity index (χ3n) is 14.6. The second kappa shape index (κ2) is 19.0. The van der Waals surface area contributed by atoms with Crippen LogP contribution < -0.4 is 15.6 Å². The molecule has 5 heterocycles. The van der Waals surface area contributed by atoms with E-state index in [0.717, 1.165) is 13.1 Å². The van der Waals surface area contributed by atoms with Crippen LogP contribution in [-0.4, -0.2) is 131 Å². The Kier molecular flexibility index (Phi) is 13.6. The first-order valence-corrected chi connectivity index (χ1v) is 23.2. The van der Waals surface area contributed by atoms with E-state index in [9.17, 15) is 39.6 Å². The van der Waals surface area contributed by atoms with E-state index < -0.39 is 100 Å². The van der Waals surface area contributed by atoms with Crippen molar-refractivity contribution in [3.8, 4) is 11.5 Å². The highest BCUT2D eigenvalue weighted by atomic mass is 16.7. The highest BCUT2D eigenvalue weighted by molar-refractivity contribution is 6.06. The number of rotatable bonds is 4. The number of fused-ring (bicyclic) bond motifs is 2. The van der Waals surface area contributed by atoms with Gasteiger partial charge in [0.15, 0.2) is 28.8 Å². The van der Waals surface area contributed by atoms with Gasteiger partial charge in [-0.25, -0.2) is 4.98 Å². The molecule has 0 aromatic heterocycles. The topological polar surface area (TPSA) is 240 Å². The number of aliphatic hydroxyl groups is 4. The van der Waals surface area contributed by atoms with Gasteiger partial charge in [-0.2, -0.15) is 0 Å². The molecule has 3 aliphatic carbocycles. The van der Waals surface area contributed by atoms with E-state index in [1.807, 2.05) is 0 Å². The van der Waals surface area contributed by atoms with Crippen molar-refractivity contribution in [3.63, 3.8) is 0 Å². The number of hydrogen-bond donors (Lipinski definition) is 5. The Morgan fingerprint density at radius 1 is 0.956 bits per heavy atom. The molecule has 2 fully saturated rings. The molecule has 8 rings (SSSR count). The van der Waals surface area contributed by atoms with Gasteiger partial charge in [-0.3, -0.25) is 24.1 Å². The molecular weight excluding hydrogens is 881 g/mol. The number of aromatic nitrogens is 1. The second-order valence-electron chi connectivity index (χ2n) is 19.1. The van der Waals surface area contributed by atoms with Gasteiger partial charge in [0.25, 0.3) is 5.91 Å². The van der Waals surface area contributed by atoms with Crippen molar-refractivity contribution in [2.75, 3.05) is 51.4 Å². The number of morpholine rings is 1. The fraction of sp³-hybridized carbons (Fsp3) is 0.540. The first-order chi connectivity index (χ1) is 32.3. The van der Waals surface area contributed by atoms with E-state index in [1.54, 1.807) is 45.9 Å². The molecular formula is C50H62N4O14. The average molecular weight is 943 g/mol. The molecule has 2 saturated heterocycles. The van der Waals surface area contributed by atoms with Crippen molar-refractivity contribution >= 4 is 29.0 Å². The second-order valence-corrected chi connectivity index (χ2v) is 19.1. The van der Waals surface area contributed by atoms with Gasteiger partial charge in [0.2, 0.25) is 5.43 Å². The maximum Gasteiger partial charge on any atom is 0.306 e. The van der Waals surface area contributed by atoms with Crippen molar-refractivity contribution in [1.82, 2.24) is 15.2 Å². The molecule has 5 aliphatic heterocycles. The summed E-state index contributed by atoms with van der Waals surface area (Å²) in [7, 11) is 1.45. The number of nitrogens with zero attached hydrogens (tertiary/aromatic N) is 3. The van der Waals surface area contributed by atoms with Crippen LogP contribution in [0.4, 0.5) is 5.69 Å². The molecule has 0 aromatic rings. The Hall–Kier alpha value is -5.79. The lowest BCUT2D eigenvalue weighted by molar-refractivity contribution is -0.160. The molecule has 366 valence electrons. The van der Waals surface area contributed by atoms with Crippen molar-refractivity contribution in [2.45, 2.75) is 97.6 Å². The van der Waals surface area contributed by atoms with Gasteiger partial charge in [-0.05, 0) is 19.9 Å². The fourth-order valence-corrected chi connectivity index (χ4v) is 10.3.